The number of rotatable bonds is 7. The first-order valence-electron chi connectivity index (χ1n) is 11.5. The number of hydrogen-bond donors (Lipinski definition) is 0. The Morgan fingerprint density at radius 2 is 1.74 bits per heavy atom. The van der Waals surface area contributed by atoms with Crippen LogP contribution in [0.4, 0.5) is 5.82 Å². The molecule has 0 saturated carbocycles. The van der Waals surface area contributed by atoms with E-state index in [1.807, 2.05) is 34.7 Å². The van der Waals surface area contributed by atoms with Crippen LogP contribution in [0.2, 0.25) is 0 Å². The van der Waals surface area contributed by atoms with E-state index in [0.717, 1.165) is 85.9 Å². The van der Waals surface area contributed by atoms with Gasteiger partial charge in [0.15, 0.2) is 5.65 Å². The van der Waals surface area contributed by atoms with Crippen LogP contribution in [0.15, 0.2) is 30.3 Å². The van der Waals surface area contributed by atoms with Crippen LogP contribution in [0.1, 0.15) is 51.0 Å². The highest BCUT2D eigenvalue weighted by molar-refractivity contribution is 5.91. The lowest BCUT2D eigenvalue weighted by Crippen LogP contribution is -2.49. The molecule has 1 aliphatic rings. The van der Waals surface area contributed by atoms with Crippen molar-refractivity contribution in [2.75, 3.05) is 31.1 Å². The Kier molecular flexibility index (Phi) is 6.49. The molecule has 1 saturated heterocycles. The van der Waals surface area contributed by atoms with Gasteiger partial charge in [0, 0.05) is 39.0 Å². The molecule has 2 aromatic heterocycles. The van der Waals surface area contributed by atoms with Crippen LogP contribution in [-0.2, 0) is 11.2 Å². The maximum absolute atomic E-state index is 12.3. The smallest absolute Gasteiger partial charge is 0.222 e. The third-order valence-electron chi connectivity index (χ3n) is 5.88. The van der Waals surface area contributed by atoms with Gasteiger partial charge in [0.2, 0.25) is 5.91 Å². The van der Waals surface area contributed by atoms with E-state index in [1.165, 1.54) is 0 Å². The summed E-state index contributed by atoms with van der Waals surface area (Å²) in [6.45, 7) is 9.30. The number of amides is 1. The second-order valence-electron chi connectivity index (χ2n) is 8.22. The van der Waals surface area contributed by atoms with Gasteiger partial charge >= 0.3 is 0 Å². The van der Waals surface area contributed by atoms with Crippen molar-refractivity contribution in [3.05, 3.63) is 41.9 Å². The van der Waals surface area contributed by atoms with Gasteiger partial charge in [-0.3, -0.25) is 4.79 Å². The Morgan fingerprint density at radius 3 is 2.42 bits per heavy atom. The fourth-order valence-corrected chi connectivity index (χ4v) is 4.17. The molecule has 0 atom stereocenters. The van der Waals surface area contributed by atoms with Crippen molar-refractivity contribution in [3.63, 3.8) is 0 Å². The number of carbonyl (C=O) groups excluding carboxylic acids is 1. The Hall–Kier alpha value is -2.96. The van der Waals surface area contributed by atoms with Crippen molar-refractivity contribution in [1.29, 1.82) is 0 Å². The molecule has 0 radical (unpaired) electrons. The summed E-state index contributed by atoms with van der Waals surface area (Å²) in [7, 11) is 0. The number of benzene rings is 1. The van der Waals surface area contributed by atoms with Crippen LogP contribution in [0.5, 0.6) is 0 Å². The first kappa shape index (κ1) is 21.3. The molecule has 7 nitrogen and oxygen atoms in total. The summed E-state index contributed by atoms with van der Waals surface area (Å²) in [6.07, 6.45) is 4.54. The average molecular weight is 421 g/mol. The summed E-state index contributed by atoms with van der Waals surface area (Å²) in [5, 5.41) is 5.84. The maximum Gasteiger partial charge on any atom is 0.222 e. The van der Waals surface area contributed by atoms with Crippen molar-refractivity contribution in [2.24, 2.45) is 0 Å². The molecule has 0 aliphatic carbocycles. The van der Waals surface area contributed by atoms with Gasteiger partial charge in [-0.15, -0.1) is 0 Å². The van der Waals surface area contributed by atoms with Crippen LogP contribution in [-0.4, -0.2) is 56.7 Å². The number of carbonyl (C=O) groups is 1. The SMILES string of the molecule is CCCCc1nc(N2CCN(C(=O)CCC)CC2)c2c(C)nn(-c3ccccc3)c2n1. The van der Waals surface area contributed by atoms with E-state index in [9.17, 15) is 4.79 Å². The van der Waals surface area contributed by atoms with E-state index in [2.05, 4.69) is 30.9 Å². The van der Waals surface area contributed by atoms with Crippen molar-refractivity contribution < 1.29 is 4.79 Å². The van der Waals surface area contributed by atoms with Crippen LogP contribution in [0.3, 0.4) is 0 Å². The molecule has 1 amide bonds. The van der Waals surface area contributed by atoms with Crippen LogP contribution < -0.4 is 4.90 Å². The molecule has 0 bridgehead atoms. The van der Waals surface area contributed by atoms with E-state index >= 15 is 0 Å². The third kappa shape index (κ3) is 4.40. The Morgan fingerprint density at radius 1 is 1.00 bits per heavy atom. The second-order valence-corrected chi connectivity index (χ2v) is 8.22. The molecule has 0 spiro atoms. The molecule has 4 rings (SSSR count). The molecule has 7 heteroatoms. The number of fused-ring (bicyclic) bond motifs is 1. The van der Waals surface area contributed by atoms with E-state index in [-0.39, 0.29) is 5.91 Å². The maximum atomic E-state index is 12.3. The predicted octanol–water partition coefficient (Wildman–Crippen LogP) is 3.92. The fourth-order valence-electron chi connectivity index (χ4n) is 4.17. The van der Waals surface area contributed by atoms with Gasteiger partial charge in [-0.05, 0) is 31.9 Å². The Balaban J connectivity index is 1.72. The molecule has 31 heavy (non-hydrogen) atoms. The minimum atomic E-state index is 0.256. The van der Waals surface area contributed by atoms with Crippen LogP contribution in [0.25, 0.3) is 16.7 Å². The number of piperazine rings is 1. The van der Waals surface area contributed by atoms with Gasteiger partial charge in [0.1, 0.15) is 11.6 Å². The molecule has 164 valence electrons. The minimum absolute atomic E-state index is 0.256. The molecule has 3 aromatic rings. The van der Waals surface area contributed by atoms with E-state index in [0.29, 0.717) is 6.42 Å². The highest BCUT2D eigenvalue weighted by atomic mass is 16.2. The van der Waals surface area contributed by atoms with Crippen molar-refractivity contribution in [1.82, 2.24) is 24.6 Å². The molecule has 3 heterocycles. The summed E-state index contributed by atoms with van der Waals surface area (Å²) in [4.78, 5) is 26.5. The monoisotopic (exact) mass is 420 g/mol. The zero-order valence-electron chi connectivity index (χ0n) is 18.8. The number of nitrogens with zero attached hydrogens (tertiary/aromatic N) is 6. The normalized spacial score (nSPS) is 14.4. The van der Waals surface area contributed by atoms with E-state index in [1.54, 1.807) is 0 Å². The first-order valence-corrected chi connectivity index (χ1v) is 11.5. The number of unbranched alkanes of at least 4 members (excludes halogenated alkanes) is 1. The van der Waals surface area contributed by atoms with Gasteiger partial charge in [0.25, 0.3) is 0 Å². The Bertz CT molecular complexity index is 1040. The average Bonchev–Trinajstić information content (AvgIpc) is 3.14. The number of hydrogen-bond acceptors (Lipinski definition) is 5. The van der Waals surface area contributed by atoms with Crippen molar-refractivity contribution >= 4 is 22.8 Å². The number of aromatic nitrogens is 4. The number of aryl methyl sites for hydroxylation is 2. The predicted molar refractivity (Wildman–Crippen MR) is 124 cm³/mol. The zero-order chi connectivity index (χ0) is 21.8. The van der Waals surface area contributed by atoms with E-state index < -0.39 is 0 Å². The summed E-state index contributed by atoms with van der Waals surface area (Å²) >= 11 is 0. The van der Waals surface area contributed by atoms with Gasteiger partial charge in [0.05, 0.1) is 16.8 Å². The third-order valence-corrected chi connectivity index (χ3v) is 5.88. The topological polar surface area (TPSA) is 67.2 Å². The van der Waals surface area contributed by atoms with Gasteiger partial charge in [-0.2, -0.15) is 5.10 Å². The molecular formula is C24H32N6O. The second kappa shape index (κ2) is 9.45. The molecule has 1 aliphatic heterocycles. The molecule has 1 aromatic carbocycles. The number of para-hydroxylation sites is 1. The minimum Gasteiger partial charge on any atom is -0.352 e. The quantitative estimate of drug-likeness (QED) is 0.580. The molecule has 1 fully saturated rings. The van der Waals surface area contributed by atoms with Gasteiger partial charge in [-0.25, -0.2) is 14.6 Å². The summed E-state index contributed by atoms with van der Waals surface area (Å²) < 4.78 is 1.94. The highest BCUT2D eigenvalue weighted by Crippen LogP contribution is 2.30. The largest absolute Gasteiger partial charge is 0.352 e. The fraction of sp³-hybridized carbons (Fsp3) is 0.500. The highest BCUT2D eigenvalue weighted by Gasteiger charge is 2.26. The molecular weight excluding hydrogens is 388 g/mol. The first-order chi connectivity index (χ1) is 15.1. The van der Waals surface area contributed by atoms with Crippen molar-refractivity contribution in [3.8, 4) is 5.69 Å². The van der Waals surface area contributed by atoms with Gasteiger partial charge in [-0.1, -0.05) is 38.5 Å². The van der Waals surface area contributed by atoms with Crippen LogP contribution in [0, 0.1) is 6.92 Å². The summed E-state index contributed by atoms with van der Waals surface area (Å²) in [5.41, 5.74) is 2.80. The summed E-state index contributed by atoms with van der Waals surface area (Å²) in [6, 6.07) is 10.2. The number of anilines is 1. The zero-order valence-corrected chi connectivity index (χ0v) is 18.8. The van der Waals surface area contributed by atoms with Crippen LogP contribution >= 0.6 is 0 Å². The lowest BCUT2D eigenvalue weighted by molar-refractivity contribution is -0.131. The molecule has 0 unspecified atom stereocenters. The molecule has 0 N–H and O–H groups in total. The lowest BCUT2D eigenvalue weighted by Gasteiger charge is -2.35. The standard InChI is InChI=1S/C24H32N6O/c1-4-6-13-20-25-23(29-16-14-28(15-17-29)21(31)10-5-2)22-18(3)27-30(24(22)26-20)19-11-8-7-9-12-19/h7-9,11-12H,4-6,10,13-17H2,1-3H3. The lowest BCUT2D eigenvalue weighted by atomic mass is 10.2. The van der Waals surface area contributed by atoms with E-state index in [4.69, 9.17) is 15.1 Å². The van der Waals surface area contributed by atoms with Gasteiger partial charge < -0.3 is 9.80 Å². The van der Waals surface area contributed by atoms with Crippen molar-refractivity contribution in [2.45, 2.75) is 52.9 Å². The summed E-state index contributed by atoms with van der Waals surface area (Å²) in [5.74, 6) is 2.08. The Labute approximate surface area is 184 Å².